The Balaban J connectivity index is 1.49. The van der Waals surface area contributed by atoms with Crippen LogP contribution in [-0.2, 0) is 4.79 Å². The van der Waals surface area contributed by atoms with E-state index < -0.39 is 17.8 Å². The predicted molar refractivity (Wildman–Crippen MR) is 166 cm³/mol. The molecule has 0 aliphatic carbocycles. The lowest BCUT2D eigenvalue weighted by Crippen LogP contribution is -2.25. The number of benzene rings is 4. The zero-order valence-corrected chi connectivity index (χ0v) is 25.1. The molecule has 4 rings (SSSR count). The quantitative estimate of drug-likeness (QED) is 0.0860. The molecule has 0 radical (unpaired) electrons. The highest BCUT2D eigenvalue weighted by Gasteiger charge is 2.16. The minimum atomic E-state index is -0.677. The Morgan fingerprint density at radius 1 is 0.791 bits per heavy atom. The number of nitrogens with one attached hydrogen (secondary N) is 1. The Hall–Kier alpha value is -4.66. The Morgan fingerprint density at radius 2 is 1.40 bits per heavy atom. The number of halogens is 2. The van der Waals surface area contributed by atoms with Crippen molar-refractivity contribution in [2.75, 3.05) is 6.61 Å². The molecule has 0 fully saturated rings. The molecule has 10 heteroatoms. The van der Waals surface area contributed by atoms with Crippen LogP contribution in [0.4, 0.5) is 0 Å². The van der Waals surface area contributed by atoms with E-state index >= 15 is 0 Å². The zero-order valence-electron chi connectivity index (χ0n) is 23.6. The molecule has 0 aliphatic heterocycles. The third-order valence-electron chi connectivity index (χ3n) is 6.10. The maximum atomic E-state index is 12.8. The smallest absolute Gasteiger partial charge is 0.343 e. The van der Waals surface area contributed by atoms with E-state index in [1.54, 1.807) is 24.3 Å². The lowest BCUT2D eigenvalue weighted by molar-refractivity contribution is -0.123. The van der Waals surface area contributed by atoms with Gasteiger partial charge in [0.25, 0.3) is 5.91 Å². The van der Waals surface area contributed by atoms with Gasteiger partial charge in [0.1, 0.15) is 17.2 Å². The maximum absolute atomic E-state index is 12.8. The molecule has 0 bridgehead atoms. The number of rotatable bonds is 10. The number of aryl methyl sites for hydroxylation is 1. The van der Waals surface area contributed by atoms with Crippen LogP contribution in [0, 0.1) is 6.92 Å². The van der Waals surface area contributed by atoms with Crippen LogP contribution < -0.4 is 19.6 Å². The molecule has 0 atom stereocenters. The summed E-state index contributed by atoms with van der Waals surface area (Å²) in [4.78, 5) is 37.9. The summed E-state index contributed by atoms with van der Waals surface area (Å²) >= 11 is 11.8. The van der Waals surface area contributed by atoms with E-state index in [-0.39, 0.29) is 35.2 Å². The lowest BCUT2D eigenvalue weighted by Gasteiger charge is -2.14. The number of nitrogens with zero attached hydrogens (tertiary/aromatic N) is 1. The van der Waals surface area contributed by atoms with E-state index in [1.165, 1.54) is 48.7 Å². The second kappa shape index (κ2) is 14.5. The van der Waals surface area contributed by atoms with Crippen LogP contribution in [-0.4, -0.2) is 30.7 Å². The number of carbonyl (C=O) groups excluding carboxylic acids is 3. The Kier molecular flexibility index (Phi) is 10.5. The van der Waals surface area contributed by atoms with Gasteiger partial charge in [0, 0.05) is 21.7 Å². The van der Waals surface area contributed by atoms with Gasteiger partial charge in [-0.1, -0.05) is 49.2 Å². The molecule has 4 aromatic rings. The van der Waals surface area contributed by atoms with Gasteiger partial charge >= 0.3 is 11.9 Å². The zero-order chi connectivity index (χ0) is 30.9. The van der Waals surface area contributed by atoms with Crippen molar-refractivity contribution in [2.45, 2.75) is 26.7 Å². The van der Waals surface area contributed by atoms with Crippen molar-refractivity contribution in [2.24, 2.45) is 5.10 Å². The van der Waals surface area contributed by atoms with E-state index in [1.807, 2.05) is 39.0 Å². The SMILES string of the molecule is Cc1ccc(C(C)C)c(OCC(=O)N/N=C\c2ccc(OC(=O)c3ccc(Cl)cc3)cc2OC(=O)c2ccc(Cl)cc2)c1. The fourth-order valence-electron chi connectivity index (χ4n) is 3.86. The first-order chi connectivity index (χ1) is 20.6. The van der Waals surface area contributed by atoms with Crippen molar-refractivity contribution in [1.82, 2.24) is 5.43 Å². The van der Waals surface area contributed by atoms with E-state index in [9.17, 15) is 14.4 Å². The normalized spacial score (nSPS) is 10.9. The summed E-state index contributed by atoms with van der Waals surface area (Å²) in [5.74, 6) is -0.780. The van der Waals surface area contributed by atoms with Gasteiger partial charge in [-0.2, -0.15) is 5.10 Å². The number of ether oxygens (including phenoxy) is 3. The summed E-state index contributed by atoms with van der Waals surface area (Å²) in [5.41, 5.74) is 5.28. The summed E-state index contributed by atoms with van der Waals surface area (Å²) in [7, 11) is 0. The number of amides is 1. The van der Waals surface area contributed by atoms with Crippen LogP contribution in [0.25, 0.3) is 0 Å². The number of esters is 2. The van der Waals surface area contributed by atoms with E-state index in [4.69, 9.17) is 37.4 Å². The second-order valence-corrected chi connectivity index (χ2v) is 10.6. The standard InChI is InChI=1S/C33H28Cl2N2O6/c1-20(2)28-15-4-21(3)16-30(28)41-19-31(38)37-36-18-24-9-14-27(42-32(39)22-5-10-25(34)11-6-22)17-29(24)43-33(40)23-7-12-26(35)13-8-23/h4-18,20H,19H2,1-3H3,(H,37,38)/b36-18-. The highest BCUT2D eigenvalue weighted by Crippen LogP contribution is 2.28. The van der Waals surface area contributed by atoms with Crippen molar-refractivity contribution >= 4 is 47.3 Å². The highest BCUT2D eigenvalue weighted by molar-refractivity contribution is 6.31. The summed E-state index contributed by atoms with van der Waals surface area (Å²) < 4.78 is 16.8. The van der Waals surface area contributed by atoms with Crippen molar-refractivity contribution in [1.29, 1.82) is 0 Å². The first-order valence-corrected chi connectivity index (χ1v) is 14.0. The van der Waals surface area contributed by atoms with Gasteiger partial charge in [-0.05, 0) is 90.7 Å². The van der Waals surface area contributed by atoms with E-state index in [2.05, 4.69) is 10.5 Å². The molecule has 0 heterocycles. The van der Waals surface area contributed by atoms with E-state index in [0.717, 1.165) is 11.1 Å². The monoisotopic (exact) mass is 618 g/mol. The molecule has 0 aromatic heterocycles. The molecule has 0 aliphatic rings. The van der Waals surface area contributed by atoms with Crippen molar-refractivity contribution < 1.29 is 28.6 Å². The van der Waals surface area contributed by atoms with Crippen molar-refractivity contribution in [3.05, 3.63) is 123 Å². The summed E-state index contributed by atoms with van der Waals surface area (Å²) in [6.45, 7) is 5.79. The fraction of sp³-hybridized carbons (Fsp3) is 0.152. The predicted octanol–water partition coefficient (Wildman–Crippen LogP) is 7.39. The van der Waals surface area contributed by atoms with Crippen molar-refractivity contribution in [3.8, 4) is 17.2 Å². The third-order valence-corrected chi connectivity index (χ3v) is 6.60. The summed E-state index contributed by atoms with van der Waals surface area (Å²) in [6, 6.07) is 22.6. The average Bonchev–Trinajstić information content (AvgIpc) is 2.97. The van der Waals surface area contributed by atoms with E-state index in [0.29, 0.717) is 21.4 Å². The van der Waals surface area contributed by atoms with Gasteiger partial charge in [0.2, 0.25) is 0 Å². The highest BCUT2D eigenvalue weighted by atomic mass is 35.5. The van der Waals surface area contributed by atoms with Crippen molar-refractivity contribution in [3.63, 3.8) is 0 Å². The topological polar surface area (TPSA) is 103 Å². The van der Waals surface area contributed by atoms with Crippen LogP contribution in [0.5, 0.6) is 17.2 Å². The van der Waals surface area contributed by atoms with Crippen LogP contribution in [0.1, 0.15) is 57.2 Å². The Bertz CT molecular complexity index is 1650. The summed E-state index contributed by atoms with van der Waals surface area (Å²) in [5, 5.41) is 4.93. The van der Waals surface area contributed by atoms with Gasteiger partial charge < -0.3 is 14.2 Å². The molecule has 43 heavy (non-hydrogen) atoms. The molecule has 1 amide bonds. The fourth-order valence-corrected chi connectivity index (χ4v) is 4.11. The first-order valence-electron chi connectivity index (χ1n) is 13.2. The molecule has 0 spiro atoms. The van der Waals surface area contributed by atoms with Crippen LogP contribution >= 0.6 is 23.2 Å². The Morgan fingerprint density at radius 3 is 2.00 bits per heavy atom. The molecule has 8 nitrogen and oxygen atoms in total. The molecular formula is C33H28Cl2N2O6. The third kappa shape index (κ3) is 8.91. The summed E-state index contributed by atoms with van der Waals surface area (Å²) in [6.07, 6.45) is 1.30. The minimum absolute atomic E-state index is 0.0388. The molecule has 0 saturated carbocycles. The van der Waals surface area contributed by atoms with Gasteiger partial charge in [-0.3, -0.25) is 4.79 Å². The molecule has 220 valence electrons. The lowest BCUT2D eigenvalue weighted by atomic mass is 10.0. The number of hydrogen-bond acceptors (Lipinski definition) is 7. The van der Waals surface area contributed by atoms with Crippen LogP contribution in [0.3, 0.4) is 0 Å². The second-order valence-electron chi connectivity index (χ2n) is 9.77. The molecule has 0 saturated heterocycles. The van der Waals surface area contributed by atoms with Crippen LogP contribution in [0.2, 0.25) is 10.0 Å². The van der Waals surface area contributed by atoms with Gasteiger partial charge in [-0.25, -0.2) is 15.0 Å². The largest absolute Gasteiger partial charge is 0.483 e. The molecule has 1 N–H and O–H groups in total. The van der Waals surface area contributed by atoms with Gasteiger partial charge in [0.15, 0.2) is 6.61 Å². The molecule has 4 aromatic carbocycles. The van der Waals surface area contributed by atoms with Crippen LogP contribution in [0.15, 0.2) is 90.0 Å². The first kappa shape index (κ1) is 31.3. The maximum Gasteiger partial charge on any atom is 0.343 e. The number of hydrogen-bond donors (Lipinski definition) is 1. The Labute approximate surface area is 259 Å². The number of hydrazone groups is 1. The van der Waals surface area contributed by atoms with Gasteiger partial charge in [-0.15, -0.1) is 0 Å². The van der Waals surface area contributed by atoms with Gasteiger partial charge in [0.05, 0.1) is 17.3 Å². The minimum Gasteiger partial charge on any atom is -0.483 e. The average molecular weight is 620 g/mol. The number of carbonyl (C=O) groups is 3. The molecular weight excluding hydrogens is 591 g/mol. The molecule has 0 unspecified atom stereocenters.